The first-order valence-electron chi connectivity index (χ1n) is 2.54. The van der Waals surface area contributed by atoms with Crippen LogP contribution in [0.5, 0.6) is 0 Å². The van der Waals surface area contributed by atoms with Crippen LogP contribution >= 0.6 is 0 Å². The number of hydrogen-bond donors (Lipinski definition) is 0. The molecule has 0 aliphatic rings. The Kier molecular flexibility index (Phi) is 2.02. The molecule has 0 heterocycles. The van der Waals surface area contributed by atoms with Gasteiger partial charge in [-0.2, -0.15) is 0 Å². The summed E-state index contributed by atoms with van der Waals surface area (Å²) in [6, 6.07) is 8.64. The fourth-order valence-corrected chi connectivity index (χ4v) is 1.12. The minimum atomic E-state index is 1.35. The normalized spacial score (nSPS) is 9.25. The third-order valence-corrected chi connectivity index (χ3v) is 2.19. The molecule has 0 atom stereocenters. The summed E-state index contributed by atoms with van der Waals surface area (Å²) in [5.41, 5.74) is 1.35. The van der Waals surface area contributed by atoms with Gasteiger partial charge in [0.1, 0.15) is 0 Å². The number of benzene rings is 1. The molecule has 2 radical (unpaired) electrons. The number of aryl methyl sites for hydroxylation is 1. The molecule has 1 aromatic rings. The Morgan fingerprint density at radius 1 is 1.12 bits per heavy atom. The molecule has 0 aromatic heterocycles. The van der Waals surface area contributed by atoms with Crippen LogP contribution in [0, 0.1) is 6.92 Å². The Hall–Kier alpha value is 0.103. The predicted molar refractivity (Wildman–Crippen MR) is 36.6 cm³/mol. The zero-order valence-electron chi connectivity index (χ0n) is 4.76. The molecule has 40 valence electrons. The van der Waals surface area contributed by atoms with Crippen LogP contribution in [0.25, 0.3) is 0 Å². The van der Waals surface area contributed by atoms with E-state index in [0.29, 0.717) is 0 Å². The van der Waals surface area contributed by atoms with E-state index in [-0.39, 0.29) is 0 Å². The summed E-state index contributed by atoms with van der Waals surface area (Å²) >= 11 is 1.36. The maximum atomic E-state index is 2.17. The van der Waals surface area contributed by atoms with Gasteiger partial charge in [-0.25, -0.2) is 0 Å². The van der Waals surface area contributed by atoms with Gasteiger partial charge in [0.2, 0.25) is 0 Å². The van der Waals surface area contributed by atoms with E-state index in [9.17, 15) is 0 Å². The van der Waals surface area contributed by atoms with E-state index < -0.39 is 0 Å². The Morgan fingerprint density at radius 2 is 1.62 bits per heavy atom. The van der Waals surface area contributed by atoms with Gasteiger partial charge < -0.3 is 0 Å². The van der Waals surface area contributed by atoms with Crippen LogP contribution in [0.3, 0.4) is 0 Å². The molecular weight excluding hydrogens is 293 g/mol. The van der Waals surface area contributed by atoms with Crippen molar-refractivity contribution in [3.05, 3.63) is 29.8 Å². The van der Waals surface area contributed by atoms with Crippen molar-refractivity contribution in [2.45, 2.75) is 6.92 Å². The van der Waals surface area contributed by atoms with Crippen LogP contribution in [0.2, 0.25) is 0 Å². The Balaban J connectivity index is 3.03. The second kappa shape index (κ2) is 2.59. The van der Waals surface area contributed by atoms with E-state index in [0.717, 1.165) is 0 Å². The monoisotopic (exact) mass is 300 g/mol. The average molecular weight is 300 g/mol. The van der Waals surface area contributed by atoms with Crippen molar-refractivity contribution in [1.29, 1.82) is 0 Å². The van der Waals surface area contributed by atoms with Gasteiger partial charge in [-0.15, -0.1) is 0 Å². The third kappa shape index (κ3) is 1.56. The second-order valence-corrected chi connectivity index (χ2v) is 3.84. The van der Waals surface area contributed by atoms with Crippen molar-refractivity contribution in [3.8, 4) is 0 Å². The molecule has 1 rings (SSSR count). The first-order chi connectivity index (χ1) is 3.79. The van der Waals surface area contributed by atoms with E-state index in [2.05, 4.69) is 31.2 Å². The van der Waals surface area contributed by atoms with E-state index >= 15 is 0 Å². The summed E-state index contributed by atoms with van der Waals surface area (Å²) < 4.78 is 1.44. The molecule has 0 N–H and O–H groups in total. The van der Waals surface area contributed by atoms with Gasteiger partial charge in [0.25, 0.3) is 0 Å². The third-order valence-electron chi connectivity index (χ3n) is 1.03. The molecule has 1 aromatic carbocycles. The summed E-state index contributed by atoms with van der Waals surface area (Å²) in [6.45, 7) is 2.11. The molecule has 0 unspecified atom stereocenters. The molecule has 0 fully saturated rings. The Bertz CT molecular complexity index is 143. The molecule has 8 heavy (non-hydrogen) atoms. The van der Waals surface area contributed by atoms with Crippen LogP contribution in [0.15, 0.2) is 24.3 Å². The van der Waals surface area contributed by atoms with E-state index in [4.69, 9.17) is 0 Å². The second-order valence-electron chi connectivity index (χ2n) is 1.84. The average Bonchev–Trinajstić information content (AvgIpc) is 1.77. The van der Waals surface area contributed by atoms with Crippen LogP contribution < -0.4 is 3.27 Å². The fourth-order valence-electron chi connectivity index (χ4n) is 0.545. The van der Waals surface area contributed by atoms with Crippen molar-refractivity contribution in [3.63, 3.8) is 0 Å². The molecule has 0 bridgehead atoms. The zero-order valence-corrected chi connectivity index (χ0v) is 8.23. The van der Waals surface area contributed by atoms with Gasteiger partial charge in [0, 0.05) is 0 Å². The summed E-state index contributed by atoms with van der Waals surface area (Å²) in [5.74, 6) is 0. The van der Waals surface area contributed by atoms with Crippen LogP contribution in [-0.4, -0.2) is 24.7 Å². The minimum absolute atomic E-state index is 1.35. The van der Waals surface area contributed by atoms with Crippen LogP contribution in [0.4, 0.5) is 0 Å². The first-order valence-corrected chi connectivity index (χ1v) is 4.28. The molecule has 0 nitrogen and oxygen atoms in total. The summed E-state index contributed by atoms with van der Waals surface area (Å²) in [7, 11) is 0. The molecular formula is C7H7Bi. The van der Waals surface area contributed by atoms with Crippen molar-refractivity contribution in [2.75, 3.05) is 0 Å². The maximum absolute atomic E-state index is 2.17. The number of rotatable bonds is 0. The molecule has 0 saturated heterocycles. The quantitative estimate of drug-likeness (QED) is 0.622. The summed E-state index contributed by atoms with van der Waals surface area (Å²) in [4.78, 5) is 0. The predicted octanol–water partition coefficient (Wildman–Crippen LogP) is 0.789. The fraction of sp³-hybridized carbons (Fsp3) is 0.143. The van der Waals surface area contributed by atoms with Crippen molar-refractivity contribution < 1.29 is 0 Å². The Labute approximate surface area is 64.8 Å². The molecule has 0 saturated carbocycles. The number of hydrogen-bond acceptors (Lipinski definition) is 0. The molecule has 0 spiro atoms. The summed E-state index contributed by atoms with van der Waals surface area (Å²) in [5, 5.41) is 0. The van der Waals surface area contributed by atoms with Gasteiger partial charge in [-0.05, 0) is 0 Å². The molecule has 0 amide bonds. The van der Waals surface area contributed by atoms with Crippen molar-refractivity contribution in [2.24, 2.45) is 0 Å². The van der Waals surface area contributed by atoms with E-state index in [1.54, 1.807) is 0 Å². The van der Waals surface area contributed by atoms with E-state index in [1.165, 1.54) is 33.6 Å². The van der Waals surface area contributed by atoms with Crippen LogP contribution in [-0.2, 0) is 0 Å². The molecule has 0 aliphatic carbocycles. The standard InChI is InChI=1S/C7H7.Bi/c1-7-5-3-2-4-6-7;/h3-6H,1H3;. The van der Waals surface area contributed by atoms with Crippen LogP contribution in [0.1, 0.15) is 5.56 Å². The van der Waals surface area contributed by atoms with Gasteiger partial charge in [-0.1, -0.05) is 0 Å². The van der Waals surface area contributed by atoms with Gasteiger partial charge in [0.15, 0.2) is 0 Å². The van der Waals surface area contributed by atoms with Gasteiger partial charge >= 0.3 is 64.7 Å². The van der Waals surface area contributed by atoms with Crippen molar-refractivity contribution >= 4 is 28.0 Å². The summed E-state index contributed by atoms with van der Waals surface area (Å²) in [6.07, 6.45) is 0. The zero-order chi connectivity index (χ0) is 5.98. The molecule has 0 aliphatic heterocycles. The van der Waals surface area contributed by atoms with Crippen molar-refractivity contribution in [1.82, 2.24) is 0 Å². The molecule has 1 heteroatoms. The van der Waals surface area contributed by atoms with Gasteiger partial charge in [0.05, 0.1) is 0 Å². The Morgan fingerprint density at radius 3 is 2.00 bits per heavy atom. The van der Waals surface area contributed by atoms with E-state index in [1.807, 2.05) is 0 Å². The topological polar surface area (TPSA) is 0 Å². The first kappa shape index (κ1) is 6.23. The van der Waals surface area contributed by atoms with Gasteiger partial charge in [-0.3, -0.25) is 0 Å². The SMILES string of the molecule is Cc1cc[c]([Bi])cc1.